The molecule has 0 fully saturated rings. The molecule has 6 nitrogen and oxygen atoms in total. The molecule has 0 aromatic heterocycles. The summed E-state index contributed by atoms with van der Waals surface area (Å²) in [6.07, 6.45) is 95.5. The van der Waals surface area contributed by atoms with E-state index in [2.05, 4.69) is 130 Å². The van der Waals surface area contributed by atoms with E-state index in [1.54, 1.807) is 0 Å². The molecule has 470 valence electrons. The Kier molecular flexibility index (Phi) is 66.2. The molecule has 82 heavy (non-hydrogen) atoms. The van der Waals surface area contributed by atoms with Crippen molar-refractivity contribution < 1.29 is 28.6 Å². The Morgan fingerprint density at radius 3 is 0.793 bits per heavy atom. The predicted molar refractivity (Wildman–Crippen MR) is 357 cm³/mol. The van der Waals surface area contributed by atoms with Crippen molar-refractivity contribution >= 4 is 17.9 Å². The molecule has 0 amide bonds. The molecule has 0 saturated heterocycles. The smallest absolute Gasteiger partial charge is 0.306 e. The highest BCUT2D eigenvalue weighted by molar-refractivity contribution is 5.71. The molecular formula is C76H130O6. The van der Waals surface area contributed by atoms with Crippen LogP contribution in [0.15, 0.2) is 109 Å². The van der Waals surface area contributed by atoms with Gasteiger partial charge in [-0.1, -0.05) is 304 Å². The van der Waals surface area contributed by atoms with Gasteiger partial charge in [-0.2, -0.15) is 0 Å². The van der Waals surface area contributed by atoms with E-state index in [4.69, 9.17) is 14.2 Å². The average molecular weight is 1140 g/mol. The number of allylic oxidation sites excluding steroid dienone is 18. The second kappa shape index (κ2) is 69.6. The number of hydrogen-bond donors (Lipinski definition) is 0. The molecular weight excluding hydrogens is 1010 g/mol. The van der Waals surface area contributed by atoms with Crippen LogP contribution in [-0.2, 0) is 28.6 Å². The highest BCUT2D eigenvalue weighted by Crippen LogP contribution is 2.17. The van der Waals surface area contributed by atoms with E-state index in [1.807, 2.05) is 0 Å². The van der Waals surface area contributed by atoms with Gasteiger partial charge in [0, 0.05) is 19.3 Å². The Labute approximate surface area is 508 Å². The lowest BCUT2D eigenvalue weighted by atomic mass is 10.0. The highest BCUT2D eigenvalue weighted by atomic mass is 16.6. The maximum absolute atomic E-state index is 12.9. The molecule has 0 aliphatic carbocycles. The number of rotatable bonds is 63. The zero-order chi connectivity index (χ0) is 59.2. The van der Waals surface area contributed by atoms with Crippen molar-refractivity contribution in [2.24, 2.45) is 0 Å². The van der Waals surface area contributed by atoms with Gasteiger partial charge >= 0.3 is 17.9 Å². The highest BCUT2D eigenvalue weighted by Gasteiger charge is 2.19. The molecule has 0 aromatic rings. The van der Waals surface area contributed by atoms with Crippen molar-refractivity contribution in [3.8, 4) is 0 Å². The van der Waals surface area contributed by atoms with Crippen LogP contribution in [0.5, 0.6) is 0 Å². The molecule has 0 rings (SSSR count). The molecule has 0 aliphatic rings. The summed E-state index contributed by atoms with van der Waals surface area (Å²) < 4.78 is 16.9. The van der Waals surface area contributed by atoms with Crippen LogP contribution in [0.3, 0.4) is 0 Å². The number of unbranched alkanes of at least 4 members (excludes halogenated alkanes) is 34. The molecule has 1 unspecified atom stereocenters. The minimum absolute atomic E-state index is 0.0813. The molecule has 1 atom stereocenters. The second-order valence-electron chi connectivity index (χ2n) is 23.1. The molecule has 0 radical (unpaired) electrons. The van der Waals surface area contributed by atoms with Crippen LogP contribution in [0.1, 0.15) is 335 Å². The molecule has 6 heteroatoms. The van der Waals surface area contributed by atoms with Gasteiger partial charge in [0.05, 0.1) is 0 Å². The van der Waals surface area contributed by atoms with Gasteiger partial charge in [-0.15, -0.1) is 0 Å². The fourth-order valence-electron chi connectivity index (χ4n) is 9.75. The fraction of sp³-hybridized carbons (Fsp3) is 0.724. The van der Waals surface area contributed by atoms with Crippen LogP contribution in [0.4, 0.5) is 0 Å². The Balaban J connectivity index is 4.14. The number of carbonyl (C=O) groups is 3. The zero-order valence-electron chi connectivity index (χ0n) is 54.0. The lowest BCUT2D eigenvalue weighted by Gasteiger charge is -2.18. The number of ether oxygens (including phenoxy) is 3. The molecule has 0 aliphatic heterocycles. The van der Waals surface area contributed by atoms with Crippen LogP contribution >= 0.6 is 0 Å². The van der Waals surface area contributed by atoms with E-state index >= 15 is 0 Å². The number of esters is 3. The lowest BCUT2D eigenvalue weighted by Crippen LogP contribution is -2.30. The van der Waals surface area contributed by atoms with Crippen molar-refractivity contribution in [1.82, 2.24) is 0 Å². The fourth-order valence-corrected chi connectivity index (χ4v) is 9.75. The summed E-state index contributed by atoms with van der Waals surface area (Å²) in [6, 6.07) is 0. The van der Waals surface area contributed by atoms with Gasteiger partial charge in [-0.3, -0.25) is 14.4 Å². The van der Waals surface area contributed by atoms with Gasteiger partial charge < -0.3 is 14.2 Å². The molecule has 0 heterocycles. The Morgan fingerprint density at radius 1 is 0.256 bits per heavy atom. The second-order valence-corrected chi connectivity index (χ2v) is 23.1. The van der Waals surface area contributed by atoms with Crippen molar-refractivity contribution in [1.29, 1.82) is 0 Å². The summed E-state index contributed by atoms with van der Waals surface area (Å²) in [4.78, 5) is 38.3. The first kappa shape index (κ1) is 78.1. The number of hydrogen-bond acceptors (Lipinski definition) is 6. The first-order valence-electron chi connectivity index (χ1n) is 34.9. The lowest BCUT2D eigenvalue weighted by molar-refractivity contribution is -0.167. The predicted octanol–water partition coefficient (Wildman–Crippen LogP) is 24.2. The third-order valence-electron chi connectivity index (χ3n) is 15.0. The minimum Gasteiger partial charge on any atom is -0.462 e. The largest absolute Gasteiger partial charge is 0.462 e. The SMILES string of the molecule is CC/C=C\C/C=C\C/C=C\C/C=C\C/C=C\C/C=C\CCCCCCCCCCCCCCCCCCC(=O)OCC(COC(=O)CCCCCCC/C=C\CCCC)OC(=O)CCCCCCCCC/C=C\C/C=C\CCCCCC. The maximum Gasteiger partial charge on any atom is 0.306 e. The maximum atomic E-state index is 12.9. The van der Waals surface area contributed by atoms with Gasteiger partial charge in [0.15, 0.2) is 6.10 Å². The summed E-state index contributed by atoms with van der Waals surface area (Å²) in [5.41, 5.74) is 0. The molecule has 0 spiro atoms. The van der Waals surface area contributed by atoms with E-state index in [-0.39, 0.29) is 31.1 Å². The first-order valence-corrected chi connectivity index (χ1v) is 34.9. The minimum atomic E-state index is -0.785. The van der Waals surface area contributed by atoms with E-state index in [0.717, 1.165) is 116 Å². The van der Waals surface area contributed by atoms with E-state index in [1.165, 1.54) is 180 Å². The van der Waals surface area contributed by atoms with Crippen molar-refractivity contribution in [2.75, 3.05) is 13.2 Å². The summed E-state index contributed by atoms with van der Waals surface area (Å²) in [5, 5.41) is 0. The van der Waals surface area contributed by atoms with E-state index < -0.39 is 6.10 Å². The third-order valence-corrected chi connectivity index (χ3v) is 15.0. The van der Waals surface area contributed by atoms with Crippen molar-refractivity contribution in [3.05, 3.63) is 109 Å². The topological polar surface area (TPSA) is 78.9 Å². The normalized spacial score (nSPS) is 12.8. The monoisotopic (exact) mass is 1140 g/mol. The summed E-state index contributed by atoms with van der Waals surface area (Å²) in [7, 11) is 0. The zero-order valence-corrected chi connectivity index (χ0v) is 54.0. The van der Waals surface area contributed by atoms with Crippen LogP contribution < -0.4 is 0 Å². The van der Waals surface area contributed by atoms with Crippen molar-refractivity contribution in [2.45, 2.75) is 341 Å². The Hall–Kier alpha value is -3.93. The molecule has 0 N–H and O–H groups in total. The first-order chi connectivity index (χ1) is 40.5. The summed E-state index contributed by atoms with van der Waals surface area (Å²) >= 11 is 0. The molecule has 0 aromatic carbocycles. The van der Waals surface area contributed by atoms with Crippen LogP contribution in [0.25, 0.3) is 0 Å². The third kappa shape index (κ3) is 66.9. The van der Waals surface area contributed by atoms with Crippen LogP contribution in [0, 0.1) is 0 Å². The average Bonchev–Trinajstić information content (AvgIpc) is 3.47. The summed E-state index contributed by atoms with van der Waals surface area (Å²) in [5.74, 6) is -0.887. The van der Waals surface area contributed by atoms with Gasteiger partial charge in [0.1, 0.15) is 13.2 Å². The van der Waals surface area contributed by atoms with Gasteiger partial charge in [-0.25, -0.2) is 0 Å². The summed E-state index contributed by atoms with van der Waals surface area (Å²) in [6.45, 7) is 6.48. The Morgan fingerprint density at radius 2 is 0.488 bits per heavy atom. The van der Waals surface area contributed by atoms with Crippen molar-refractivity contribution in [3.63, 3.8) is 0 Å². The van der Waals surface area contributed by atoms with Gasteiger partial charge in [-0.05, 0) is 122 Å². The molecule has 0 saturated carbocycles. The van der Waals surface area contributed by atoms with E-state index in [9.17, 15) is 14.4 Å². The van der Waals surface area contributed by atoms with Crippen LogP contribution in [-0.4, -0.2) is 37.2 Å². The molecule has 0 bridgehead atoms. The van der Waals surface area contributed by atoms with E-state index in [0.29, 0.717) is 19.3 Å². The quantitative estimate of drug-likeness (QED) is 0.0261. The van der Waals surface area contributed by atoms with Gasteiger partial charge in [0.25, 0.3) is 0 Å². The standard InChI is InChI=1S/C76H130O6/c1-4-7-10-13-16-19-22-24-26-28-30-31-32-33-34-35-36-37-38-39-40-41-42-43-44-45-46-48-49-51-54-57-60-63-66-69-75(78)81-72-73(71-80-74(77)68-65-62-59-56-53-21-18-15-12-9-6-3)82-76(79)70-67-64-61-58-55-52-50-47-29-27-25-23-20-17-14-11-8-5-2/h7,10,15-16,18-20,23-24,26-27,29-31,33-34,36-37,73H,4-6,8-9,11-14,17,21-22,25,28,32,35,38-72H2,1-3H3/b10-7-,18-15-,19-16-,23-20-,26-24-,29-27-,31-30-,34-33-,37-36-. The van der Waals surface area contributed by atoms with Gasteiger partial charge in [0.2, 0.25) is 0 Å². The van der Waals surface area contributed by atoms with Crippen LogP contribution in [0.2, 0.25) is 0 Å². The number of carbonyl (C=O) groups excluding carboxylic acids is 3. The Bertz CT molecular complexity index is 1640.